The van der Waals surface area contributed by atoms with Crippen molar-refractivity contribution >= 4 is 11.7 Å². The number of nitrogens with one attached hydrogen (secondary N) is 1. The van der Waals surface area contributed by atoms with E-state index in [2.05, 4.69) is 38.0 Å². The second-order valence-electron chi connectivity index (χ2n) is 6.70. The van der Waals surface area contributed by atoms with Crippen LogP contribution in [-0.4, -0.2) is 34.9 Å². The monoisotopic (exact) mass is 275 g/mol. The predicted molar refractivity (Wildman–Crippen MR) is 81.9 cm³/mol. The topological polar surface area (TPSA) is 45.2 Å². The molecule has 1 fully saturated rings. The van der Waals surface area contributed by atoms with Gasteiger partial charge in [-0.05, 0) is 44.2 Å². The summed E-state index contributed by atoms with van der Waals surface area (Å²) in [6.07, 6.45) is 2.25. The van der Waals surface area contributed by atoms with Crippen molar-refractivity contribution in [2.24, 2.45) is 5.41 Å². The van der Waals surface area contributed by atoms with Gasteiger partial charge in [0.15, 0.2) is 0 Å². The van der Waals surface area contributed by atoms with Gasteiger partial charge in [0, 0.05) is 19.1 Å². The smallest absolute Gasteiger partial charge is 0.272 e. The zero-order valence-corrected chi connectivity index (χ0v) is 12.9. The minimum Gasteiger partial charge on any atom is -0.368 e. The third-order valence-electron chi connectivity index (χ3n) is 3.59. The van der Waals surface area contributed by atoms with Crippen LogP contribution in [0.4, 0.5) is 5.82 Å². The Hall–Kier alpha value is -1.58. The van der Waals surface area contributed by atoms with Gasteiger partial charge in [0.2, 0.25) is 0 Å². The van der Waals surface area contributed by atoms with Crippen LogP contribution < -0.4 is 5.32 Å². The number of hydrogen-bond acceptors (Lipinski definition) is 3. The maximum absolute atomic E-state index is 12.6. The molecule has 110 valence electrons. The lowest BCUT2D eigenvalue weighted by Gasteiger charge is -2.37. The van der Waals surface area contributed by atoms with Crippen LogP contribution in [-0.2, 0) is 0 Å². The van der Waals surface area contributed by atoms with E-state index in [0.29, 0.717) is 11.7 Å². The SMILES string of the molecule is CC(C)Nc1cccc(C(=O)N2CCCC(C)(C)C2)n1. The van der Waals surface area contributed by atoms with Crippen molar-refractivity contribution in [1.29, 1.82) is 0 Å². The van der Waals surface area contributed by atoms with Crippen molar-refractivity contribution in [3.05, 3.63) is 23.9 Å². The highest BCUT2D eigenvalue weighted by molar-refractivity contribution is 5.92. The van der Waals surface area contributed by atoms with Gasteiger partial charge >= 0.3 is 0 Å². The van der Waals surface area contributed by atoms with Crippen LogP contribution >= 0.6 is 0 Å². The summed E-state index contributed by atoms with van der Waals surface area (Å²) in [6, 6.07) is 5.90. The van der Waals surface area contributed by atoms with Crippen molar-refractivity contribution in [2.45, 2.75) is 46.6 Å². The fraction of sp³-hybridized carbons (Fsp3) is 0.625. The van der Waals surface area contributed by atoms with Crippen molar-refractivity contribution < 1.29 is 4.79 Å². The van der Waals surface area contributed by atoms with Gasteiger partial charge in [-0.2, -0.15) is 0 Å². The van der Waals surface area contributed by atoms with Crippen molar-refractivity contribution in [1.82, 2.24) is 9.88 Å². The van der Waals surface area contributed by atoms with Crippen LogP contribution in [0.2, 0.25) is 0 Å². The minimum atomic E-state index is 0.0465. The number of rotatable bonds is 3. The summed E-state index contributed by atoms with van der Waals surface area (Å²) in [5.74, 6) is 0.812. The normalized spacial score (nSPS) is 18.1. The van der Waals surface area contributed by atoms with Crippen LogP contribution in [0.15, 0.2) is 18.2 Å². The van der Waals surface area contributed by atoms with Crippen LogP contribution in [0.1, 0.15) is 51.0 Å². The molecule has 0 atom stereocenters. The second-order valence-corrected chi connectivity index (χ2v) is 6.70. The Morgan fingerprint density at radius 2 is 2.15 bits per heavy atom. The summed E-state index contributed by atoms with van der Waals surface area (Å²) in [5.41, 5.74) is 0.746. The third-order valence-corrected chi connectivity index (χ3v) is 3.59. The van der Waals surface area contributed by atoms with Crippen LogP contribution in [0.5, 0.6) is 0 Å². The largest absolute Gasteiger partial charge is 0.368 e. The van der Waals surface area contributed by atoms with E-state index in [1.54, 1.807) is 6.07 Å². The summed E-state index contributed by atoms with van der Waals surface area (Å²) in [5, 5.41) is 3.24. The number of likely N-dealkylation sites (tertiary alicyclic amines) is 1. The Morgan fingerprint density at radius 1 is 1.40 bits per heavy atom. The molecule has 20 heavy (non-hydrogen) atoms. The number of anilines is 1. The van der Waals surface area contributed by atoms with Gasteiger partial charge in [-0.25, -0.2) is 4.98 Å². The lowest BCUT2D eigenvalue weighted by Crippen LogP contribution is -2.43. The fourth-order valence-corrected chi connectivity index (χ4v) is 2.69. The van der Waals surface area contributed by atoms with Gasteiger partial charge in [0.25, 0.3) is 5.91 Å². The molecule has 0 bridgehead atoms. The standard InChI is InChI=1S/C16H25N3O/c1-12(2)17-14-8-5-7-13(18-14)15(20)19-10-6-9-16(3,4)11-19/h5,7-8,12H,6,9-11H2,1-4H3,(H,17,18). The molecule has 0 spiro atoms. The molecule has 1 aromatic heterocycles. The first-order valence-electron chi connectivity index (χ1n) is 7.40. The van der Waals surface area contributed by atoms with E-state index in [1.807, 2.05) is 17.0 Å². The molecule has 4 heteroatoms. The molecule has 1 saturated heterocycles. The molecule has 1 aliphatic heterocycles. The summed E-state index contributed by atoms with van der Waals surface area (Å²) < 4.78 is 0. The van der Waals surface area contributed by atoms with Crippen molar-refractivity contribution in [3.8, 4) is 0 Å². The Morgan fingerprint density at radius 3 is 2.80 bits per heavy atom. The van der Waals surface area contributed by atoms with Crippen LogP contribution in [0.25, 0.3) is 0 Å². The fourth-order valence-electron chi connectivity index (χ4n) is 2.69. The number of aromatic nitrogens is 1. The van der Waals surface area contributed by atoms with E-state index in [9.17, 15) is 4.79 Å². The molecule has 0 aliphatic carbocycles. The highest BCUT2D eigenvalue weighted by atomic mass is 16.2. The van der Waals surface area contributed by atoms with Gasteiger partial charge in [0.1, 0.15) is 11.5 Å². The summed E-state index contributed by atoms with van der Waals surface area (Å²) >= 11 is 0. The van der Waals surface area contributed by atoms with E-state index < -0.39 is 0 Å². The molecule has 0 saturated carbocycles. The van der Waals surface area contributed by atoms with E-state index in [-0.39, 0.29) is 11.3 Å². The molecule has 1 aliphatic rings. The van der Waals surface area contributed by atoms with E-state index >= 15 is 0 Å². The first-order valence-corrected chi connectivity index (χ1v) is 7.40. The number of amides is 1. The quantitative estimate of drug-likeness (QED) is 0.921. The number of carbonyl (C=O) groups excluding carboxylic acids is 1. The minimum absolute atomic E-state index is 0.0465. The molecule has 0 aromatic carbocycles. The van der Waals surface area contributed by atoms with Gasteiger partial charge in [-0.15, -0.1) is 0 Å². The Balaban J connectivity index is 2.12. The number of piperidine rings is 1. The molecule has 2 heterocycles. The Bertz CT molecular complexity index is 482. The lowest BCUT2D eigenvalue weighted by atomic mass is 9.84. The molecule has 2 rings (SSSR count). The molecular weight excluding hydrogens is 250 g/mol. The lowest BCUT2D eigenvalue weighted by molar-refractivity contribution is 0.0578. The summed E-state index contributed by atoms with van der Waals surface area (Å²) in [4.78, 5) is 18.9. The second kappa shape index (κ2) is 5.81. The van der Waals surface area contributed by atoms with E-state index in [1.165, 1.54) is 6.42 Å². The average molecular weight is 275 g/mol. The van der Waals surface area contributed by atoms with Gasteiger partial charge in [-0.1, -0.05) is 19.9 Å². The molecule has 1 aromatic rings. The zero-order valence-electron chi connectivity index (χ0n) is 12.9. The van der Waals surface area contributed by atoms with Gasteiger partial charge in [0.05, 0.1) is 0 Å². The highest BCUT2D eigenvalue weighted by Gasteiger charge is 2.30. The zero-order chi connectivity index (χ0) is 14.8. The molecule has 4 nitrogen and oxygen atoms in total. The summed E-state index contributed by atoms with van der Waals surface area (Å²) in [7, 11) is 0. The Labute approximate surface area is 121 Å². The van der Waals surface area contributed by atoms with E-state index in [4.69, 9.17) is 0 Å². The highest BCUT2D eigenvalue weighted by Crippen LogP contribution is 2.29. The molecule has 0 radical (unpaired) electrons. The average Bonchev–Trinajstić information content (AvgIpc) is 2.36. The number of carbonyl (C=O) groups is 1. The molecule has 1 amide bonds. The van der Waals surface area contributed by atoms with Gasteiger partial charge < -0.3 is 10.2 Å². The maximum Gasteiger partial charge on any atom is 0.272 e. The Kier molecular flexibility index (Phi) is 4.31. The maximum atomic E-state index is 12.6. The number of nitrogens with zero attached hydrogens (tertiary/aromatic N) is 2. The van der Waals surface area contributed by atoms with Crippen molar-refractivity contribution in [2.75, 3.05) is 18.4 Å². The van der Waals surface area contributed by atoms with Crippen molar-refractivity contribution in [3.63, 3.8) is 0 Å². The van der Waals surface area contributed by atoms with Crippen LogP contribution in [0, 0.1) is 5.41 Å². The molecule has 1 N–H and O–H groups in total. The predicted octanol–water partition coefficient (Wildman–Crippen LogP) is 3.16. The first kappa shape index (κ1) is 14.8. The first-order chi connectivity index (χ1) is 9.37. The molecule has 0 unspecified atom stereocenters. The van der Waals surface area contributed by atoms with Crippen LogP contribution in [0.3, 0.4) is 0 Å². The third kappa shape index (κ3) is 3.71. The number of pyridine rings is 1. The van der Waals surface area contributed by atoms with E-state index in [0.717, 1.165) is 25.3 Å². The summed E-state index contributed by atoms with van der Waals surface area (Å²) in [6.45, 7) is 10.2. The number of hydrogen-bond donors (Lipinski definition) is 1. The molecular formula is C16H25N3O. The van der Waals surface area contributed by atoms with Gasteiger partial charge in [-0.3, -0.25) is 4.79 Å².